The van der Waals surface area contributed by atoms with Crippen molar-refractivity contribution in [1.82, 2.24) is 0 Å². The van der Waals surface area contributed by atoms with Gasteiger partial charge in [0.1, 0.15) is 5.78 Å². The smallest absolute Gasteiger partial charge is 0.140 e. The highest BCUT2D eigenvalue weighted by Gasteiger charge is 2.34. The largest absolute Gasteiger partial charge is 0.299 e. The molecular formula is C16H20O. The Labute approximate surface area is 103 Å². The van der Waals surface area contributed by atoms with Gasteiger partial charge in [-0.3, -0.25) is 4.79 Å². The lowest BCUT2D eigenvalue weighted by Crippen LogP contribution is -2.28. The van der Waals surface area contributed by atoms with E-state index in [-0.39, 0.29) is 5.92 Å². The molecule has 0 saturated heterocycles. The van der Waals surface area contributed by atoms with Crippen molar-refractivity contribution in [3.8, 4) is 0 Å². The number of Topliss-reactive ketones (excluding diaryl/α,β-unsaturated/α-hetero) is 1. The molecule has 1 aromatic carbocycles. The average Bonchev–Trinajstić information content (AvgIpc) is 2.39. The van der Waals surface area contributed by atoms with E-state index in [1.165, 1.54) is 43.2 Å². The second-order valence-corrected chi connectivity index (χ2v) is 5.54. The van der Waals surface area contributed by atoms with Crippen LogP contribution in [0.15, 0.2) is 24.3 Å². The fraction of sp³-hybridized carbons (Fsp3) is 0.562. The Balaban J connectivity index is 1.94. The van der Waals surface area contributed by atoms with Crippen molar-refractivity contribution in [3.05, 3.63) is 35.4 Å². The van der Waals surface area contributed by atoms with Crippen LogP contribution in [0.4, 0.5) is 0 Å². The predicted octanol–water partition coefficient (Wildman–Crippen LogP) is 3.87. The maximum atomic E-state index is 12.3. The second kappa shape index (κ2) is 4.64. The summed E-state index contributed by atoms with van der Waals surface area (Å²) in [5.41, 5.74) is 2.76. The van der Waals surface area contributed by atoms with Crippen molar-refractivity contribution >= 4 is 5.78 Å². The Kier molecular flexibility index (Phi) is 3.00. The molecule has 90 valence electrons. The van der Waals surface area contributed by atoms with Crippen LogP contribution in [0.5, 0.6) is 0 Å². The van der Waals surface area contributed by atoms with E-state index in [0.717, 1.165) is 12.8 Å². The highest BCUT2D eigenvalue weighted by Crippen LogP contribution is 2.41. The topological polar surface area (TPSA) is 17.1 Å². The maximum absolute atomic E-state index is 12.3. The zero-order valence-corrected chi connectivity index (χ0v) is 10.3. The summed E-state index contributed by atoms with van der Waals surface area (Å²) in [6.07, 6.45) is 8.22. The number of aryl methyl sites for hydroxylation is 1. The van der Waals surface area contributed by atoms with E-state index in [0.29, 0.717) is 11.7 Å². The molecule has 1 nitrogen and oxygen atoms in total. The lowest BCUT2D eigenvalue weighted by Gasteiger charge is -2.33. The van der Waals surface area contributed by atoms with Crippen molar-refractivity contribution in [1.29, 1.82) is 0 Å². The zero-order valence-electron chi connectivity index (χ0n) is 10.3. The van der Waals surface area contributed by atoms with Crippen molar-refractivity contribution in [3.63, 3.8) is 0 Å². The summed E-state index contributed by atoms with van der Waals surface area (Å²) in [5, 5.41) is 0. The first-order chi connectivity index (χ1) is 8.36. The molecule has 1 saturated carbocycles. The Morgan fingerprint density at radius 2 is 1.71 bits per heavy atom. The molecule has 0 bridgehead atoms. The minimum absolute atomic E-state index is 0.222. The van der Waals surface area contributed by atoms with E-state index < -0.39 is 0 Å². The number of ketones is 1. The summed E-state index contributed by atoms with van der Waals surface area (Å²) in [4.78, 5) is 12.3. The second-order valence-electron chi connectivity index (χ2n) is 5.54. The van der Waals surface area contributed by atoms with Crippen LogP contribution in [-0.2, 0) is 11.2 Å². The molecule has 1 aromatic rings. The first-order valence-corrected chi connectivity index (χ1v) is 6.97. The van der Waals surface area contributed by atoms with Gasteiger partial charge in [0.15, 0.2) is 0 Å². The Hall–Kier alpha value is -1.11. The molecule has 1 unspecified atom stereocenters. The number of fused-ring (bicyclic) bond motifs is 1. The zero-order chi connectivity index (χ0) is 11.7. The first kappa shape index (κ1) is 11.0. The minimum Gasteiger partial charge on any atom is -0.299 e. The summed E-state index contributed by atoms with van der Waals surface area (Å²) in [5.74, 6) is 1.34. The molecule has 0 spiro atoms. The Morgan fingerprint density at radius 1 is 0.941 bits per heavy atom. The molecule has 2 aliphatic carbocycles. The first-order valence-electron chi connectivity index (χ1n) is 6.97. The number of carbonyl (C=O) groups is 1. The van der Waals surface area contributed by atoms with Crippen LogP contribution < -0.4 is 0 Å². The summed E-state index contributed by atoms with van der Waals surface area (Å²) in [6.45, 7) is 0. The normalized spacial score (nSPS) is 25.6. The van der Waals surface area contributed by atoms with Gasteiger partial charge in [-0.05, 0) is 36.3 Å². The number of carbonyl (C=O) groups excluding carboxylic acids is 1. The lowest BCUT2D eigenvalue weighted by atomic mass is 9.70. The third-order valence-corrected chi connectivity index (χ3v) is 4.50. The van der Waals surface area contributed by atoms with Crippen LogP contribution in [0, 0.1) is 5.92 Å². The van der Waals surface area contributed by atoms with E-state index in [1.807, 2.05) is 0 Å². The van der Waals surface area contributed by atoms with Crippen molar-refractivity contribution in [2.75, 3.05) is 0 Å². The van der Waals surface area contributed by atoms with Crippen LogP contribution in [0.3, 0.4) is 0 Å². The summed E-state index contributed by atoms with van der Waals surface area (Å²) < 4.78 is 0. The number of hydrogen-bond acceptors (Lipinski definition) is 1. The quantitative estimate of drug-likeness (QED) is 0.713. The van der Waals surface area contributed by atoms with Gasteiger partial charge in [0.2, 0.25) is 0 Å². The van der Waals surface area contributed by atoms with Gasteiger partial charge in [-0.15, -0.1) is 0 Å². The lowest BCUT2D eigenvalue weighted by molar-refractivity contribution is -0.122. The van der Waals surface area contributed by atoms with Gasteiger partial charge in [-0.2, -0.15) is 0 Å². The third kappa shape index (κ3) is 2.03. The maximum Gasteiger partial charge on any atom is 0.140 e. The number of rotatable bonds is 1. The monoisotopic (exact) mass is 228 g/mol. The fourth-order valence-corrected chi connectivity index (χ4v) is 3.64. The van der Waals surface area contributed by atoms with Crippen LogP contribution in [-0.4, -0.2) is 5.78 Å². The molecule has 3 rings (SSSR count). The molecule has 1 fully saturated rings. The molecule has 0 N–H and O–H groups in total. The van der Waals surface area contributed by atoms with E-state index in [1.54, 1.807) is 0 Å². The SMILES string of the molecule is O=C1CCc2ccccc2C1C1CCCCC1. The van der Waals surface area contributed by atoms with E-state index in [4.69, 9.17) is 0 Å². The molecule has 2 aliphatic rings. The van der Waals surface area contributed by atoms with E-state index in [9.17, 15) is 4.79 Å². The van der Waals surface area contributed by atoms with Crippen molar-refractivity contribution in [2.45, 2.75) is 50.9 Å². The van der Waals surface area contributed by atoms with Crippen LogP contribution in [0.2, 0.25) is 0 Å². The van der Waals surface area contributed by atoms with Gasteiger partial charge in [0, 0.05) is 12.3 Å². The molecule has 1 atom stereocenters. The average molecular weight is 228 g/mol. The van der Waals surface area contributed by atoms with Crippen molar-refractivity contribution < 1.29 is 4.79 Å². The third-order valence-electron chi connectivity index (χ3n) is 4.50. The standard InChI is InChI=1S/C16H20O/c17-15-11-10-12-6-4-5-9-14(12)16(15)13-7-2-1-3-8-13/h4-6,9,13,16H,1-3,7-8,10-11H2. The molecule has 0 aromatic heterocycles. The van der Waals surface area contributed by atoms with Gasteiger partial charge < -0.3 is 0 Å². The minimum atomic E-state index is 0.222. The van der Waals surface area contributed by atoms with Gasteiger partial charge in [0.05, 0.1) is 0 Å². The molecule has 17 heavy (non-hydrogen) atoms. The summed E-state index contributed by atoms with van der Waals surface area (Å²) >= 11 is 0. The molecule has 0 radical (unpaired) electrons. The van der Waals surface area contributed by atoms with Gasteiger partial charge in [-0.1, -0.05) is 43.5 Å². The van der Waals surface area contributed by atoms with E-state index >= 15 is 0 Å². The molecule has 0 aliphatic heterocycles. The Morgan fingerprint density at radius 3 is 2.53 bits per heavy atom. The van der Waals surface area contributed by atoms with Crippen LogP contribution in [0.1, 0.15) is 55.6 Å². The summed E-state index contributed by atoms with van der Waals surface area (Å²) in [6, 6.07) is 8.59. The van der Waals surface area contributed by atoms with Crippen LogP contribution >= 0.6 is 0 Å². The molecule has 1 heteroatoms. The summed E-state index contributed by atoms with van der Waals surface area (Å²) in [7, 11) is 0. The molecular weight excluding hydrogens is 208 g/mol. The van der Waals surface area contributed by atoms with Gasteiger partial charge in [-0.25, -0.2) is 0 Å². The highest BCUT2D eigenvalue weighted by atomic mass is 16.1. The highest BCUT2D eigenvalue weighted by molar-refractivity contribution is 5.88. The predicted molar refractivity (Wildman–Crippen MR) is 69.1 cm³/mol. The number of hydrogen-bond donors (Lipinski definition) is 0. The van der Waals surface area contributed by atoms with Crippen LogP contribution in [0.25, 0.3) is 0 Å². The molecule has 0 amide bonds. The fourth-order valence-electron chi connectivity index (χ4n) is 3.64. The van der Waals surface area contributed by atoms with E-state index in [2.05, 4.69) is 24.3 Å². The number of benzene rings is 1. The Bertz CT molecular complexity index is 415. The van der Waals surface area contributed by atoms with Gasteiger partial charge in [0.25, 0.3) is 0 Å². The van der Waals surface area contributed by atoms with Gasteiger partial charge >= 0.3 is 0 Å². The molecule has 0 heterocycles. The van der Waals surface area contributed by atoms with Crippen molar-refractivity contribution in [2.24, 2.45) is 5.92 Å².